The van der Waals surface area contributed by atoms with E-state index in [1.807, 2.05) is 47.2 Å². The van der Waals surface area contributed by atoms with E-state index in [0.717, 1.165) is 11.1 Å². The lowest BCUT2D eigenvalue weighted by Gasteiger charge is -2.25. The van der Waals surface area contributed by atoms with Crippen molar-refractivity contribution in [3.63, 3.8) is 0 Å². The normalized spacial score (nSPS) is 11.9. The first-order valence-corrected chi connectivity index (χ1v) is 8.47. The SMILES string of the molecule is O=C(c1cnccn1)N(Cc1ccccc1)CC(O)c1ccsc1. The van der Waals surface area contributed by atoms with Crippen molar-refractivity contribution in [2.45, 2.75) is 12.6 Å². The van der Waals surface area contributed by atoms with Gasteiger partial charge in [0.2, 0.25) is 0 Å². The minimum atomic E-state index is -0.736. The summed E-state index contributed by atoms with van der Waals surface area (Å²) in [5, 5.41) is 14.2. The lowest BCUT2D eigenvalue weighted by Crippen LogP contribution is -2.34. The van der Waals surface area contributed by atoms with Crippen LogP contribution in [0.15, 0.2) is 65.7 Å². The van der Waals surface area contributed by atoms with Gasteiger partial charge in [0.1, 0.15) is 5.69 Å². The first-order chi connectivity index (χ1) is 11.7. The molecule has 0 saturated heterocycles. The molecule has 122 valence electrons. The Morgan fingerprint density at radius 3 is 2.71 bits per heavy atom. The molecule has 1 amide bonds. The molecule has 5 nitrogen and oxygen atoms in total. The molecule has 3 aromatic rings. The summed E-state index contributed by atoms with van der Waals surface area (Å²) >= 11 is 1.52. The third-order valence-electron chi connectivity index (χ3n) is 3.61. The molecule has 0 saturated carbocycles. The molecular weight excluding hydrogens is 322 g/mol. The molecule has 0 aliphatic rings. The third kappa shape index (κ3) is 4.04. The highest BCUT2D eigenvalue weighted by molar-refractivity contribution is 7.07. The first kappa shape index (κ1) is 16.3. The topological polar surface area (TPSA) is 66.3 Å². The summed E-state index contributed by atoms with van der Waals surface area (Å²) in [6, 6.07) is 11.6. The van der Waals surface area contributed by atoms with Gasteiger partial charge < -0.3 is 10.0 Å². The number of aromatic nitrogens is 2. The molecule has 2 heterocycles. The quantitative estimate of drug-likeness (QED) is 0.750. The molecule has 0 fully saturated rings. The molecule has 0 aliphatic carbocycles. The van der Waals surface area contributed by atoms with Crippen molar-refractivity contribution < 1.29 is 9.90 Å². The van der Waals surface area contributed by atoms with E-state index in [1.54, 1.807) is 4.90 Å². The highest BCUT2D eigenvalue weighted by Crippen LogP contribution is 2.19. The number of aliphatic hydroxyl groups is 1. The summed E-state index contributed by atoms with van der Waals surface area (Å²) in [5.41, 5.74) is 2.07. The molecule has 0 aliphatic heterocycles. The van der Waals surface area contributed by atoms with E-state index in [9.17, 15) is 9.90 Å². The van der Waals surface area contributed by atoms with Gasteiger partial charge in [0, 0.05) is 18.9 Å². The zero-order chi connectivity index (χ0) is 16.8. The van der Waals surface area contributed by atoms with Gasteiger partial charge >= 0.3 is 0 Å². The first-order valence-electron chi connectivity index (χ1n) is 7.53. The van der Waals surface area contributed by atoms with Crippen LogP contribution in [-0.4, -0.2) is 32.4 Å². The monoisotopic (exact) mass is 339 g/mol. The Balaban J connectivity index is 1.81. The van der Waals surface area contributed by atoms with Crippen LogP contribution in [0.3, 0.4) is 0 Å². The number of rotatable bonds is 6. The van der Waals surface area contributed by atoms with Crippen LogP contribution in [0.25, 0.3) is 0 Å². The Bertz CT molecular complexity index is 763. The van der Waals surface area contributed by atoms with Gasteiger partial charge in [-0.3, -0.25) is 9.78 Å². The van der Waals surface area contributed by atoms with E-state index in [1.165, 1.54) is 29.9 Å². The van der Waals surface area contributed by atoms with E-state index in [4.69, 9.17) is 0 Å². The summed E-state index contributed by atoms with van der Waals surface area (Å²) in [4.78, 5) is 22.4. The van der Waals surface area contributed by atoms with Crippen LogP contribution in [0.4, 0.5) is 0 Å². The van der Waals surface area contributed by atoms with Gasteiger partial charge in [0.15, 0.2) is 0 Å². The number of carbonyl (C=O) groups excluding carboxylic acids is 1. The van der Waals surface area contributed by atoms with Gasteiger partial charge in [-0.05, 0) is 28.0 Å². The summed E-state index contributed by atoms with van der Waals surface area (Å²) in [6.07, 6.45) is 3.72. The highest BCUT2D eigenvalue weighted by Gasteiger charge is 2.21. The van der Waals surface area contributed by atoms with Crippen LogP contribution in [-0.2, 0) is 6.54 Å². The van der Waals surface area contributed by atoms with Gasteiger partial charge in [-0.15, -0.1) is 0 Å². The highest BCUT2D eigenvalue weighted by atomic mass is 32.1. The summed E-state index contributed by atoms with van der Waals surface area (Å²) in [5.74, 6) is -0.249. The number of hydrogen-bond donors (Lipinski definition) is 1. The zero-order valence-electron chi connectivity index (χ0n) is 12.9. The molecule has 1 unspecified atom stereocenters. The third-order valence-corrected chi connectivity index (χ3v) is 4.31. The minimum Gasteiger partial charge on any atom is -0.387 e. The largest absolute Gasteiger partial charge is 0.387 e. The molecule has 0 bridgehead atoms. The molecule has 3 rings (SSSR count). The number of aliphatic hydroxyl groups excluding tert-OH is 1. The molecule has 1 N–H and O–H groups in total. The lowest BCUT2D eigenvalue weighted by atomic mass is 10.1. The Hall–Kier alpha value is -2.57. The van der Waals surface area contributed by atoms with Crippen LogP contribution < -0.4 is 0 Å². The van der Waals surface area contributed by atoms with Gasteiger partial charge in [-0.25, -0.2) is 4.98 Å². The van der Waals surface area contributed by atoms with Crippen LogP contribution in [0, 0.1) is 0 Å². The van der Waals surface area contributed by atoms with Crippen LogP contribution in [0.1, 0.15) is 27.7 Å². The van der Waals surface area contributed by atoms with Crippen molar-refractivity contribution in [2.24, 2.45) is 0 Å². The van der Waals surface area contributed by atoms with Crippen LogP contribution >= 0.6 is 11.3 Å². The van der Waals surface area contributed by atoms with Crippen LogP contribution in [0.5, 0.6) is 0 Å². The maximum Gasteiger partial charge on any atom is 0.274 e. The van der Waals surface area contributed by atoms with Crippen molar-refractivity contribution >= 4 is 17.2 Å². The fraction of sp³-hybridized carbons (Fsp3) is 0.167. The molecule has 1 atom stereocenters. The van der Waals surface area contributed by atoms with Gasteiger partial charge in [-0.2, -0.15) is 11.3 Å². The second-order valence-corrected chi connectivity index (χ2v) is 6.11. The summed E-state index contributed by atoms with van der Waals surface area (Å²) < 4.78 is 0. The van der Waals surface area contributed by atoms with Gasteiger partial charge in [0.05, 0.1) is 18.8 Å². The molecular formula is C18H17N3O2S. The summed E-state index contributed by atoms with van der Waals surface area (Å²) in [7, 11) is 0. The second-order valence-electron chi connectivity index (χ2n) is 5.33. The second kappa shape index (κ2) is 7.81. The number of carbonyl (C=O) groups is 1. The van der Waals surface area contributed by atoms with E-state index in [0.29, 0.717) is 6.54 Å². The van der Waals surface area contributed by atoms with Gasteiger partial charge in [-0.1, -0.05) is 30.3 Å². The smallest absolute Gasteiger partial charge is 0.274 e. The fourth-order valence-corrected chi connectivity index (χ4v) is 3.08. The number of benzene rings is 1. The van der Waals surface area contributed by atoms with E-state index < -0.39 is 6.10 Å². The fourth-order valence-electron chi connectivity index (χ4n) is 2.37. The number of amides is 1. The maximum absolute atomic E-state index is 12.8. The van der Waals surface area contributed by atoms with Crippen molar-refractivity contribution in [2.75, 3.05) is 6.54 Å². The Morgan fingerprint density at radius 2 is 2.04 bits per heavy atom. The molecule has 24 heavy (non-hydrogen) atoms. The standard InChI is InChI=1S/C18H17N3O2S/c22-17(15-6-9-24-13-15)12-21(11-14-4-2-1-3-5-14)18(23)16-10-19-7-8-20-16/h1-10,13,17,22H,11-12H2. The molecule has 0 spiro atoms. The summed E-state index contributed by atoms with van der Waals surface area (Å²) in [6.45, 7) is 0.596. The number of thiophene rings is 1. The average Bonchev–Trinajstić information content (AvgIpc) is 3.17. The van der Waals surface area contributed by atoms with E-state index in [-0.39, 0.29) is 18.1 Å². The number of nitrogens with zero attached hydrogens (tertiary/aromatic N) is 3. The minimum absolute atomic E-state index is 0.195. The maximum atomic E-state index is 12.8. The predicted molar refractivity (Wildman–Crippen MR) is 92.5 cm³/mol. The predicted octanol–water partition coefficient (Wildman–Crippen LogP) is 2.91. The molecule has 6 heteroatoms. The molecule has 2 aromatic heterocycles. The van der Waals surface area contributed by atoms with Crippen molar-refractivity contribution in [1.82, 2.24) is 14.9 Å². The Kier molecular flexibility index (Phi) is 5.30. The average molecular weight is 339 g/mol. The Labute approximate surface area is 144 Å². The van der Waals surface area contributed by atoms with Crippen molar-refractivity contribution in [3.05, 3.63) is 82.6 Å². The van der Waals surface area contributed by atoms with Crippen molar-refractivity contribution in [1.29, 1.82) is 0 Å². The van der Waals surface area contributed by atoms with E-state index in [2.05, 4.69) is 9.97 Å². The molecule has 1 aromatic carbocycles. The molecule has 0 radical (unpaired) electrons. The lowest BCUT2D eigenvalue weighted by molar-refractivity contribution is 0.0598. The van der Waals surface area contributed by atoms with Crippen LogP contribution in [0.2, 0.25) is 0 Å². The van der Waals surface area contributed by atoms with E-state index >= 15 is 0 Å². The van der Waals surface area contributed by atoms with Crippen molar-refractivity contribution in [3.8, 4) is 0 Å². The zero-order valence-corrected chi connectivity index (χ0v) is 13.8. The van der Waals surface area contributed by atoms with Gasteiger partial charge in [0.25, 0.3) is 5.91 Å². The Morgan fingerprint density at radius 1 is 1.21 bits per heavy atom. The number of hydrogen-bond acceptors (Lipinski definition) is 5.